The molecule has 0 radical (unpaired) electrons. The van der Waals surface area contributed by atoms with Gasteiger partial charge in [0.2, 0.25) is 0 Å². The second-order valence-corrected chi connectivity index (χ2v) is 11.9. The predicted molar refractivity (Wildman–Crippen MR) is 157 cm³/mol. The third kappa shape index (κ3) is 7.98. The summed E-state index contributed by atoms with van der Waals surface area (Å²) in [5.41, 5.74) is 0. The Labute approximate surface area is 242 Å². The van der Waals surface area contributed by atoms with Gasteiger partial charge in [0.15, 0.2) is 11.5 Å². The molecule has 0 atom stereocenters. The number of halogens is 6. The average molecular weight is 1050 g/mol. The normalized spacial score (nSPS) is 10.6. The van der Waals surface area contributed by atoms with Crippen LogP contribution in [-0.4, -0.2) is 12.2 Å². The van der Waals surface area contributed by atoms with Crippen LogP contribution in [-0.2, 0) is 0 Å². The third-order valence-electron chi connectivity index (χ3n) is 2.80. The Balaban J connectivity index is 1.87. The van der Waals surface area contributed by atoms with Crippen LogP contribution in [0, 0.1) is 21.4 Å². The van der Waals surface area contributed by atoms with E-state index in [1.165, 1.54) is 12.4 Å². The van der Waals surface area contributed by atoms with E-state index in [4.69, 9.17) is 9.47 Å². The molecule has 2 amide bonds. The van der Waals surface area contributed by atoms with E-state index >= 15 is 0 Å². The molecular formula is C16H8I6N2O4. The highest BCUT2D eigenvalue weighted by atomic mass is 127. The smallest absolute Gasteiger partial charge is 0.408 e. The topological polar surface area (TPSA) is 76.7 Å². The minimum Gasteiger partial charge on any atom is -0.408 e. The zero-order chi connectivity index (χ0) is 20.8. The molecule has 6 nitrogen and oxygen atoms in total. The maximum atomic E-state index is 11.9. The largest absolute Gasteiger partial charge is 0.416 e. The highest BCUT2D eigenvalue weighted by molar-refractivity contribution is 14.1. The molecule has 0 unspecified atom stereocenters. The van der Waals surface area contributed by atoms with Crippen molar-refractivity contribution in [3.8, 4) is 11.5 Å². The second kappa shape index (κ2) is 12.2. The molecule has 0 spiro atoms. The van der Waals surface area contributed by atoms with E-state index < -0.39 is 12.2 Å². The van der Waals surface area contributed by atoms with Gasteiger partial charge in [-0.2, -0.15) is 0 Å². The molecule has 12 heteroatoms. The lowest BCUT2D eigenvalue weighted by molar-refractivity contribution is 0.201. The fraction of sp³-hybridized carbons (Fsp3) is 0. The summed E-state index contributed by atoms with van der Waals surface area (Å²) in [5.74, 6) is 0.977. The van der Waals surface area contributed by atoms with Gasteiger partial charge >= 0.3 is 12.2 Å². The fourth-order valence-electron chi connectivity index (χ4n) is 1.72. The number of ether oxygens (including phenoxy) is 2. The van der Waals surface area contributed by atoms with E-state index in [1.54, 1.807) is 0 Å². The van der Waals surface area contributed by atoms with Gasteiger partial charge in [0, 0.05) is 19.5 Å². The van der Waals surface area contributed by atoms with Crippen LogP contribution in [0.2, 0.25) is 0 Å². The zero-order valence-corrected chi connectivity index (χ0v) is 26.3. The number of benzene rings is 2. The van der Waals surface area contributed by atoms with Crippen LogP contribution < -0.4 is 20.1 Å². The highest BCUT2D eigenvalue weighted by Gasteiger charge is 2.13. The van der Waals surface area contributed by atoms with Crippen LogP contribution in [0.15, 0.2) is 36.7 Å². The van der Waals surface area contributed by atoms with Crippen LogP contribution in [0.25, 0.3) is 0 Å². The molecular weight excluding hydrogens is 1050 g/mol. The van der Waals surface area contributed by atoms with E-state index in [2.05, 4.69) is 146 Å². The minimum atomic E-state index is -0.662. The summed E-state index contributed by atoms with van der Waals surface area (Å²) in [6, 6.07) is 7.64. The molecule has 0 heterocycles. The molecule has 2 aromatic carbocycles. The monoisotopic (exact) mass is 1050 g/mol. The third-order valence-corrected chi connectivity index (χ3v) is 7.25. The van der Waals surface area contributed by atoms with E-state index in [-0.39, 0.29) is 0 Å². The molecule has 2 aromatic rings. The molecule has 148 valence electrons. The summed E-state index contributed by atoms with van der Waals surface area (Å²) in [6.45, 7) is 0. The number of carbonyl (C=O) groups is 2. The first-order valence-corrected chi connectivity index (χ1v) is 13.6. The van der Waals surface area contributed by atoms with Gasteiger partial charge in [0.25, 0.3) is 0 Å². The van der Waals surface area contributed by atoms with Crippen molar-refractivity contribution in [2.45, 2.75) is 0 Å². The molecule has 0 aliphatic heterocycles. The van der Waals surface area contributed by atoms with Crippen LogP contribution in [0.1, 0.15) is 0 Å². The number of rotatable bonds is 4. The Morgan fingerprint density at radius 2 is 0.929 bits per heavy atom. The van der Waals surface area contributed by atoms with Gasteiger partial charge in [0.1, 0.15) is 0 Å². The first-order chi connectivity index (χ1) is 13.2. The lowest BCUT2D eigenvalue weighted by Gasteiger charge is -2.09. The fourth-order valence-corrected chi connectivity index (χ4v) is 9.32. The maximum Gasteiger partial charge on any atom is 0.416 e. The SMILES string of the molecule is O=C(N/C=C/NC(=O)Oc1c(I)cc(I)cc1I)Oc1c(I)cc(I)cc1I. The van der Waals surface area contributed by atoms with E-state index in [9.17, 15) is 9.59 Å². The molecule has 0 aliphatic rings. The summed E-state index contributed by atoms with van der Waals surface area (Å²) in [4.78, 5) is 23.8. The quantitative estimate of drug-likeness (QED) is 0.337. The Morgan fingerprint density at radius 3 is 1.21 bits per heavy atom. The van der Waals surface area contributed by atoms with Gasteiger partial charge in [-0.1, -0.05) is 0 Å². The Kier molecular flexibility index (Phi) is 11.1. The van der Waals surface area contributed by atoms with E-state index in [0.717, 1.165) is 21.4 Å². The molecule has 0 saturated carbocycles. The minimum absolute atomic E-state index is 0.489. The average Bonchev–Trinajstić information content (AvgIpc) is 2.58. The van der Waals surface area contributed by atoms with Crippen LogP contribution >= 0.6 is 136 Å². The van der Waals surface area contributed by atoms with Crippen molar-refractivity contribution < 1.29 is 19.1 Å². The molecule has 2 rings (SSSR count). The summed E-state index contributed by atoms with van der Waals surface area (Å²) in [5, 5.41) is 4.85. The Bertz CT molecular complexity index is 829. The van der Waals surface area contributed by atoms with E-state index in [0.29, 0.717) is 11.5 Å². The van der Waals surface area contributed by atoms with Crippen molar-refractivity contribution >= 4 is 148 Å². The molecule has 0 bridgehead atoms. The number of hydrogen-bond acceptors (Lipinski definition) is 4. The lowest BCUT2D eigenvalue weighted by atomic mass is 10.3. The first-order valence-electron chi connectivity index (χ1n) is 7.08. The highest BCUT2D eigenvalue weighted by Crippen LogP contribution is 2.30. The number of amides is 2. The number of carbonyl (C=O) groups excluding carboxylic acids is 2. The van der Waals surface area contributed by atoms with Crippen LogP contribution in [0.5, 0.6) is 11.5 Å². The lowest BCUT2D eigenvalue weighted by Crippen LogP contribution is -2.26. The number of nitrogens with one attached hydrogen (secondary N) is 2. The standard InChI is InChI=1S/C16H8I6N2O4/c17-7-3-9(19)13(10(20)4-7)27-15(25)23-1-2-24-16(26)28-14-11(21)5-8(18)6-12(14)22/h1-6H,(H,23,25)(H,24,26)/b2-1+. The summed E-state index contributed by atoms with van der Waals surface area (Å²) in [7, 11) is 0. The van der Waals surface area contributed by atoms with Gasteiger partial charge in [-0.15, -0.1) is 0 Å². The zero-order valence-electron chi connectivity index (χ0n) is 13.4. The molecule has 0 aliphatic carbocycles. The first kappa shape index (κ1) is 25.4. The van der Waals surface area contributed by atoms with Crippen LogP contribution in [0.4, 0.5) is 9.59 Å². The van der Waals surface area contributed by atoms with E-state index in [1.807, 2.05) is 24.3 Å². The Hall–Kier alpha value is 1.10. The molecule has 0 saturated heterocycles. The number of hydrogen-bond donors (Lipinski definition) is 2. The van der Waals surface area contributed by atoms with Gasteiger partial charge in [0.05, 0.1) is 14.3 Å². The summed E-state index contributed by atoms with van der Waals surface area (Å²) >= 11 is 12.8. The molecule has 0 aromatic heterocycles. The molecule has 2 N–H and O–H groups in total. The van der Waals surface area contributed by atoms with Crippen molar-refractivity contribution in [1.82, 2.24) is 10.6 Å². The van der Waals surface area contributed by atoms with Crippen molar-refractivity contribution in [3.05, 3.63) is 58.1 Å². The Morgan fingerprint density at radius 1 is 0.643 bits per heavy atom. The predicted octanol–water partition coefficient (Wildman–Crippen LogP) is 6.66. The van der Waals surface area contributed by atoms with Crippen molar-refractivity contribution in [3.63, 3.8) is 0 Å². The molecule has 0 fully saturated rings. The summed E-state index contributed by atoms with van der Waals surface area (Å²) < 4.78 is 16.0. The maximum absolute atomic E-state index is 11.9. The van der Waals surface area contributed by atoms with Crippen molar-refractivity contribution in [1.29, 1.82) is 0 Å². The van der Waals surface area contributed by atoms with Gasteiger partial charge in [-0.3, -0.25) is 10.6 Å². The van der Waals surface area contributed by atoms with Gasteiger partial charge in [-0.05, 0) is 160 Å². The van der Waals surface area contributed by atoms with Gasteiger partial charge < -0.3 is 9.47 Å². The van der Waals surface area contributed by atoms with Crippen molar-refractivity contribution in [2.75, 3.05) is 0 Å². The molecule has 28 heavy (non-hydrogen) atoms. The van der Waals surface area contributed by atoms with Crippen molar-refractivity contribution in [2.24, 2.45) is 0 Å². The van der Waals surface area contributed by atoms with Crippen LogP contribution in [0.3, 0.4) is 0 Å². The second-order valence-electron chi connectivity index (χ2n) is 4.80. The summed E-state index contributed by atoms with van der Waals surface area (Å²) in [6.07, 6.45) is 1.20. The van der Waals surface area contributed by atoms with Gasteiger partial charge in [-0.25, -0.2) is 9.59 Å².